The highest BCUT2D eigenvalue weighted by molar-refractivity contribution is 5.90. The molecule has 3 aromatic rings. The van der Waals surface area contributed by atoms with Crippen molar-refractivity contribution in [2.75, 3.05) is 7.11 Å². The zero-order chi connectivity index (χ0) is 26.2. The molecular formula is C28H34N4O5. The van der Waals surface area contributed by atoms with Gasteiger partial charge in [-0.15, -0.1) is 5.10 Å². The Morgan fingerprint density at radius 2 is 2.00 bits per heavy atom. The van der Waals surface area contributed by atoms with Crippen molar-refractivity contribution in [2.45, 2.75) is 77.2 Å². The first kappa shape index (κ1) is 25.0. The Balaban J connectivity index is 1.42. The van der Waals surface area contributed by atoms with E-state index in [4.69, 9.17) is 9.47 Å². The Morgan fingerprint density at radius 3 is 2.70 bits per heavy atom. The normalized spacial score (nSPS) is 20.6. The summed E-state index contributed by atoms with van der Waals surface area (Å²) in [5.41, 5.74) is 2.16. The van der Waals surface area contributed by atoms with Crippen LogP contribution in [0.4, 0.5) is 0 Å². The zero-order valence-electron chi connectivity index (χ0n) is 21.7. The van der Waals surface area contributed by atoms with Crippen molar-refractivity contribution in [3.8, 4) is 11.5 Å². The van der Waals surface area contributed by atoms with Crippen molar-refractivity contribution in [1.29, 1.82) is 0 Å². The van der Waals surface area contributed by atoms with Crippen LogP contribution < -0.4 is 4.74 Å². The fourth-order valence-corrected chi connectivity index (χ4v) is 5.82. The number of carbonyl (C=O) groups is 1. The first-order valence-electron chi connectivity index (χ1n) is 13.0. The second-order valence-electron chi connectivity index (χ2n) is 10.3. The number of rotatable bonds is 8. The minimum atomic E-state index is -0.790. The number of esters is 1. The summed E-state index contributed by atoms with van der Waals surface area (Å²) in [4.78, 5) is 22.0. The maximum Gasteiger partial charge on any atom is 0.338 e. The number of methoxy groups -OCH3 is 1. The number of hydrogen-bond donors (Lipinski definition) is 2. The number of carbonyl (C=O) groups excluding carboxylic acids is 1. The molecule has 2 aromatic heterocycles. The zero-order valence-corrected chi connectivity index (χ0v) is 21.7. The van der Waals surface area contributed by atoms with Crippen molar-refractivity contribution in [3.05, 3.63) is 58.4 Å². The SMILES string of the molecule is CCc1cc(CC[C@]2(C3CCCC3)CC(O)=C(Cc3nc4ncc(C)cn4n3)C(=O)O2)c(OC)cc1O. The molecule has 0 radical (unpaired) electrons. The van der Waals surface area contributed by atoms with Gasteiger partial charge in [-0.1, -0.05) is 19.8 Å². The number of aryl methyl sites for hydroxylation is 3. The molecule has 0 amide bonds. The summed E-state index contributed by atoms with van der Waals surface area (Å²) in [7, 11) is 1.59. The van der Waals surface area contributed by atoms with Crippen LogP contribution >= 0.6 is 0 Å². The molecule has 1 fully saturated rings. The van der Waals surface area contributed by atoms with Gasteiger partial charge in [-0.3, -0.25) is 0 Å². The molecular weight excluding hydrogens is 472 g/mol. The number of phenolic OH excluding ortho intramolecular Hbond substituents is 1. The monoisotopic (exact) mass is 506 g/mol. The lowest BCUT2D eigenvalue weighted by molar-refractivity contribution is -0.167. The second-order valence-corrected chi connectivity index (χ2v) is 10.3. The molecule has 1 aliphatic heterocycles. The number of aromatic nitrogens is 4. The lowest BCUT2D eigenvalue weighted by atomic mass is 9.76. The van der Waals surface area contributed by atoms with E-state index in [-0.39, 0.29) is 35.8 Å². The van der Waals surface area contributed by atoms with Gasteiger partial charge in [0, 0.05) is 31.3 Å². The van der Waals surface area contributed by atoms with Gasteiger partial charge >= 0.3 is 5.97 Å². The van der Waals surface area contributed by atoms with E-state index in [1.165, 1.54) is 0 Å². The summed E-state index contributed by atoms with van der Waals surface area (Å²) in [6.07, 6.45) is 9.82. The summed E-state index contributed by atoms with van der Waals surface area (Å²) in [6.45, 7) is 3.91. The quantitative estimate of drug-likeness (QED) is 0.427. The number of nitrogens with zero attached hydrogens (tertiary/aromatic N) is 4. The van der Waals surface area contributed by atoms with Crippen molar-refractivity contribution >= 4 is 11.7 Å². The van der Waals surface area contributed by atoms with E-state index < -0.39 is 11.6 Å². The van der Waals surface area contributed by atoms with Crippen LogP contribution in [0.3, 0.4) is 0 Å². The third kappa shape index (κ3) is 4.86. The van der Waals surface area contributed by atoms with E-state index in [0.29, 0.717) is 36.6 Å². The maximum absolute atomic E-state index is 13.4. The minimum absolute atomic E-state index is 0.0538. The molecule has 0 bridgehead atoms. The molecule has 1 atom stereocenters. The highest BCUT2D eigenvalue weighted by Gasteiger charge is 2.48. The van der Waals surface area contributed by atoms with E-state index >= 15 is 0 Å². The van der Waals surface area contributed by atoms with Gasteiger partial charge in [-0.25, -0.2) is 14.3 Å². The maximum atomic E-state index is 13.4. The second kappa shape index (κ2) is 10.0. The van der Waals surface area contributed by atoms with Crippen LogP contribution in [0, 0.1) is 12.8 Å². The molecule has 0 unspecified atom stereocenters. The van der Waals surface area contributed by atoms with Gasteiger partial charge in [-0.2, -0.15) is 4.98 Å². The molecule has 2 aliphatic rings. The van der Waals surface area contributed by atoms with E-state index in [9.17, 15) is 15.0 Å². The van der Waals surface area contributed by atoms with Gasteiger partial charge < -0.3 is 19.7 Å². The average Bonchev–Trinajstić information content (AvgIpc) is 3.55. The number of aromatic hydroxyl groups is 1. The lowest BCUT2D eigenvalue weighted by Crippen LogP contribution is -2.46. The van der Waals surface area contributed by atoms with Gasteiger partial charge in [0.1, 0.15) is 22.9 Å². The van der Waals surface area contributed by atoms with E-state index in [0.717, 1.165) is 42.4 Å². The van der Waals surface area contributed by atoms with Crippen LogP contribution in [-0.2, 0) is 28.8 Å². The number of hydrogen-bond acceptors (Lipinski definition) is 8. The van der Waals surface area contributed by atoms with Crippen LogP contribution in [-0.4, -0.2) is 48.5 Å². The lowest BCUT2D eigenvalue weighted by Gasteiger charge is -2.42. The number of phenols is 1. The van der Waals surface area contributed by atoms with Gasteiger partial charge in [0.05, 0.1) is 12.7 Å². The van der Waals surface area contributed by atoms with Gasteiger partial charge in [0.2, 0.25) is 0 Å². The Bertz CT molecular complexity index is 1360. The van der Waals surface area contributed by atoms with Gasteiger partial charge in [0.15, 0.2) is 5.82 Å². The molecule has 5 rings (SSSR count). The van der Waals surface area contributed by atoms with E-state index in [2.05, 4.69) is 15.1 Å². The summed E-state index contributed by atoms with van der Waals surface area (Å²) < 4.78 is 13.4. The number of fused-ring (bicyclic) bond motifs is 1. The summed E-state index contributed by atoms with van der Waals surface area (Å²) in [5, 5.41) is 25.9. The number of cyclic esters (lactones) is 1. The molecule has 1 aromatic carbocycles. The van der Waals surface area contributed by atoms with Crippen molar-refractivity contribution in [3.63, 3.8) is 0 Å². The Labute approximate surface area is 216 Å². The fourth-order valence-electron chi connectivity index (χ4n) is 5.82. The molecule has 9 nitrogen and oxygen atoms in total. The highest BCUT2D eigenvalue weighted by Crippen LogP contribution is 2.46. The molecule has 1 saturated carbocycles. The third-order valence-electron chi connectivity index (χ3n) is 7.84. The van der Waals surface area contributed by atoms with Crippen molar-refractivity contribution in [2.24, 2.45) is 5.92 Å². The molecule has 9 heteroatoms. The van der Waals surface area contributed by atoms with Crippen LogP contribution in [0.2, 0.25) is 0 Å². The Hall–Kier alpha value is -3.62. The molecule has 37 heavy (non-hydrogen) atoms. The molecule has 3 heterocycles. The Morgan fingerprint density at radius 1 is 1.22 bits per heavy atom. The van der Waals surface area contributed by atoms with Crippen molar-refractivity contribution < 1.29 is 24.5 Å². The number of ether oxygens (including phenoxy) is 2. The smallest absolute Gasteiger partial charge is 0.338 e. The van der Waals surface area contributed by atoms with E-state index in [1.807, 2.05) is 26.1 Å². The highest BCUT2D eigenvalue weighted by atomic mass is 16.6. The average molecular weight is 507 g/mol. The molecule has 0 saturated heterocycles. The number of aliphatic hydroxyl groups is 1. The first-order chi connectivity index (χ1) is 17.8. The summed E-state index contributed by atoms with van der Waals surface area (Å²) >= 11 is 0. The number of benzene rings is 1. The van der Waals surface area contributed by atoms with Crippen LogP contribution in [0.1, 0.15) is 68.0 Å². The largest absolute Gasteiger partial charge is 0.512 e. The van der Waals surface area contributed by atoms with Crippen molar-refractivity contribution in [1.82, 2.24) is 19.6 Å². The van der Waals surface area contributed by atoms with Crippen LogP contribution in [0.25, 0.3) is 5.78 Å². The Kier molecular flexibility index (Phi) is 6.79. The fraction of sp³-hybridized carbons (Fsp3) is 0.500. The van der Waals surface area contributed by atoms with Gasteiger partial charge in [0.25, 0.3) is 5.78 Å². The standard InChI is InChI=1S/C28H34N4O5/c1-4-18-11-19(24(36-3)13-22(18)33)9-10-28(20-7-5-6-8-20)14-23(34)21(26(35)37-28)12-25-30-27-29-15-17(2)16-32(27)31-25/h11,13,15-16,20,33-34H,4-10,12,14H2,1-3H3/t28-/m1/s1. The van der Waals surface area contributed by atoms with Crippen LogP contribution in [0.5, 0.6) is 11.5 Å². The molecule has 1 aliphatic carbocycles. The molecule has 0 spiro atoms. The topological polar surface area (TPSA) is 119 Å². The third-order valence-corrected chi connectivity index (χ3v) is 7.84. The first-order valence-corrected chi connectivity index (χ1v) is 13.0. The molecule has 2 N–H and O–H groups in total. The number of aliphatic hydroxyl groups excluding tert-OH is 1. The molecule has 196 valence electrons. The minimum Gasteiger partial charge on any atom is -0.512 e. The summed E-state index contributed by atoms with van der Waals surface area (Å²) in [6, 6.07) is 3.62. The summed E-state index contributed by atoms with van der Waals surface area (Å²) in [5.74, 6) is 1.40. The van der Waals surface area contributed by atoms with E-state index in [1.54, 1.807) is 23.9 Å². The predicted octanol–water partition coefficient (Wildman–Crippen LogP) is 4.57. The predicted molar refractivity (Wildman–Crippen MR) is 137 cm³/mol. The van der Waals surface area contributed by atoms with Gasteiger partial charge in [-0.05, 0) is 67.7 Å². The van der Waals surface area contributed by atoms with Crippen LogP contribution in [0.15, 0.2) is 35.9 Å².